The van der Waals surface area contributed by atoms with Crippen LogP contribution in [0.1, 0.15) is 13.3 Å². The molecule has 0 spiro atoms. The number of benzene rings is 1. The molecule has 1 aromatic heterocycles. The van der Waals surface area contributed by atoms with Gasteiger partial charge in [0.15, 0.2) is 0 Å². The fourth-order valence-corrected chi connectivity index (χ4v) is 3.18. The van der Waals surface area contributed by atoms with Crippen LogP contribution in [0, 0.1) is 0 Å². The molecule has 1 aromatic carbocycles. The van der Waals surface area contributed by atoms with Crippen LogP contribution in [-0.2, 0) is 16.1 Å². The average Bonchev–Trinajstić information content (AvgIpc) is 3.06. The molecule has 126 valence electrons. The molecule has 24 heavy (non-hydrogen) atoms. The van der Waals surface area contributed by atoms with E-state index < -0.39 is 0 Å². The molecule has 1 aliphatic rings. The third-order valence-corrected chi connectivity index (χ3v) is 4.75. The van der Waals surface area contributed by atoms with Crippen molar-refractivity contribution < 1.29 is 9.59 Å². The quantitative estimate of drug-likeness (QED) is 0.847. The number of hydrogen-bond acceptors (Lipinski definition) is 3. The summed E-state index contributed by atoms with van der Waals surface area (Å²) in [5.41, 5.74) is 0.577. The highest BCUT2D eigenvalue weighted by Gasteiger charge is 2.30. The minimum Gasteiger partial charge on any atom is -0.341 e. The van der Waals surface area contributed by atoms with Crippen molar-refractivity contribution >= 4 is 22.7 Å². The van der Waals surface area contributed by atoms with Crippen molar-refractivity contribution in [1.82, 2.24) is 14.4 Å². The van der Waals surface area contributed by atoms with Gasteiger partial charge in [-0.25, -0.2) is 0 Å². The molecule has 0 bridgehead atoms. The molecule has 2 heterocycles. The summed E-state index contributed by atoms with van der Waals surface area (Å²) in [5.74, 6) is -0.0903. The highest BCUT2D eigenvalue weighted by atomic mass is 16.2. The van der Waals surface area contributed by atoms with Gasteiger partial charge >= 0.3 is 0 Å². The van der Waals surface area contributed by atoms with Crippen LogP contribution in [0.4, 0.5) is 0 Å². The molecule has 0 aliphatic carbocycles. The number of nitrogens with zero attached hydrogens (tertiary/aromatic N) is 3. The summed E-state index contributed by atoms with van der Waals surface area (Å²) in [6.45, 7) is 2.69. The fourth-order valence-electron chi connectivity index (χ4n) is 3.18. The van der Waals surface area contributed by atoms with Crippen LogP contribution >= 0.6 is 0 Å². The normalized spacial score (nSPS) is 17.2. The number of fused-ring (bicyclic) bond motifs is 1. The van der Waals surface area contributed by atoms with E-state index in [-0.39, 0.29) is 30.0 Å². The van der Waals surface area contributed by atoms with E-state index in [9.17, 15) is 14.4 Å². The Kier molecular flexibility index (Phi) is 4.38. The predicted octanol–water partition coefficient (Wildman–Crippen LogP) is 1.08. The lowest BCUT2D eigenvalue weighted by Gasteiger charge is -2.23. The van der Waals surface area contributed by atoms with Gasteiger partial charge in [-0.15, -0.1) is 0 Å². The molecule has 0 radical (unpaired) electrons. The van der Waals surface area contributed by atoms with Crippen LogP contribution in [0.3, 0.4) is 0 Å². The third kappa shape index (κ3) is 3.04. The van der Waals surface area contributed by atoms with Crippen LogP contribution in [0.5, 0.6) is 0 Å². The number of hydrogen-bond donors (Lipinski definition) is 0. The van der Waals surface area contributed by atoms with E-state index in [2.05, 4.69) is 0 Å². The predicted molar refractivity (Wildman–Crippen MR) is 91.6 cm³/mol. The Morgan fingerprint density at radius 1 is 1.21 bits per heavy atom. The van der Waals surface area contributed by atoms with E-state index in [1.807, 2.05) is 24.3 Å². The number of rotatable bonds is 3. The fraction of sp³-hybridized carbons (Fsp3) is 0.389. The molecule has 1 fully saturated rings. The molecular formula is C18H21N3O3. The minimum atomic E-state index is -0.182. The van der Waals surface area contributed by atoms with Crippen LogP contribution in [0.25, 0.3) is 10.9 Å². The maximum atomic E-state index is 12.6. The first-order valence-electron chi connectivity index (χ1n) is 8.07. The van der Waals surface area contributed by atoms with E-state index in [0.29, 0.717) is 13.1 Å². The Morgan fingerprint density at radius 2 is 1.96 bits per heavy atom. The highest BCUT2D eigenvalue weighted by Crippen LogP contribution is 2.16. The lowest BCUT2D eigenvalue weighted by molar-refractivity contribution is -0.133. The smallest absolute Gasteiger partial charge is 0.251 e. The Morgan fingerprint density at radius 3 is 2.71 bits per heavy atom. The van der Waals surface area contributed by atoms with Crippen LogP contribution < -0.4 is 5.56 Å². The number of carbonyl (C=O) groups excluding carboxylic acids is 2. The molecule has 0 saturated carbocycles. The van der Waals surface area contributed by atoms with Gasteiger partial charge in [-0.1, -0.05) is 18.2 Å². The van der Waals surface area contributed by atoms with E-state index in [0.717, 1.165) is 17.3 Å². The van der Waals surface area contributed by atoms with Gasteiger partial charge in [-0.3, -0.25) is 19.0 Å². The summed E-state index contributed by atoms with van der Waals surface area (Å²) < 4.78 is 1.51. The van der Waals surface area contributed by atoms with Gasteiger partial charge in [0, 0.05) is 33.1 Å². The summed E-state index contributed by atoms with van der Waals surface area (Å²) in [6, 6.07) is 10.8. The Balaban J connectivity index is 1.78. The molecule has 1 aliphatic heterocycles. The molecule has 1 unspecified atom stereocenters. The van der Waals surface area contributed by atoms with Gasteiger partial charge in [0.1, 0.15) is 6.54 Å². The molecule has 0 N–H and O–H groups in total. The summed E-state index contributed by atoms with van der Waals surface area (Å²) in [4.78, 5) is 39.7. The van der Waals surface area contributed by atoms with Crippen molar-refractivity contribution in [3.05, 3.63) is 46.8 Å². The highest BCUT2D eigenvalue weighted by molar-refractivity contribution is 5.82. The van der Waals surface area contributed by atoms with Crippen LogP contribution in [0.2, 0.25) is 0 Å². The zero-order valence-electron chi connectivity index (χ0n) is 13.9. The summed E-state index contributed by atoms with van der Waals surface area (Å²) in [5, 5.41) is 0.931. The van der Waals surface area contributed by atoms with Crippen molar-refractivity contribution in [3.63, 3.8) is 0 Å². The molecule has 6 nitrogen and oxygen atoms in total. The number of aromatic nitrogens is 1. The van der Waals surface area contributed by atoms with E-state index in [1.54, 1.807) is 22.9 Å². The van der Waals surface area contributed by atoms with Gasteiger partial charge in [-0.05, 0) is 23.9 Å². The molecule has 2 amide bonds. The zero-order chi connectivity index (χ0) is 17.3. The van der Waals surface area contributed by atoms with Crippen LogP contribution in [0.15, 0.2) is 41.2 Å². The largest absolute Gasteiger partial charge is 0.341 e. The summed E-state index contributed by atoms with van der Waals surface area (Å²) in [6.07, 6.45) is 0.770. The lowest BCUT2D eigenvalue weighted by Crippen LogP contribution is -2.40. The summed E-state index contributed by atoms with van der Waals surface area (Å²) >= 11 is 0. The number of likely N-dealkylation sites (N-methyl/N-ethyl adjacent to an activating group) is 1. The molecule has 3 rings (SSSR count). The van der Waals surface area contributed by atoms with E-state index in [4.69, 9.17) is 0 Å². The van der Waals surface area contributed by atoms with Gasteiger partial charge in [0.25, 0.3) is 5.56 Å². The maximum absolute atomic E-state index is 12.6. The van der Waals surface area contributed by atoms with Gasteiger partial charge < -0.3 is 9.80 Å². The van der Waals surface area contributed by atoms with Crippen molar-refractivity contribution in [1.29, 1.82) is 0 Å². The van der Waals surface area contributed by atoms with E-state index >= 15 is 0 Å². The number of para-hydroxylation sites is 1. The van der Waals surface area contributed by atoms with E-state index in [1.165, 1.54) is 17.6 Å². The molecular weight excluding hydrogens is 306 g/mol. The minimum absolute atomic E-state index is 0.000396. The van der Waals surface area contributed by atoms with Gasteiger partial charge in [0.05, 0.1) is 11.6 Å². The standard InChI is InChI=1S/C18H21N3O3/c1-13(22)19(2)15-9-10-20(11-15)18(24)12-21-16-6-4-3-5-14(16)7-8-17(21)23/h3-8,15H,9-12H2,1-2H3. The zero-order valence-corrected chi connectivity index (χ0v) is 13.9. The molecule has 1 atom stereocenters. The SMILES string of the molecule is CC(=O)N(C)C1CCN(C(=O)Cn2c(=O)ccc3ccccc32)C1. The second-order valence-corrected chi connectivity index (χ2v) is 6.23. The molecule has 2 aromatic rings. The summed E-state index contributed by atoms with van der Waals surface area (Å²) in [7, 11) is 1.76. The topological polar surface area (TPSA) is 62.6 Å². The van der Waals surface area contributed by atoms with Crippen molar-refractivity contribution in [2.75, 3.05) is 20.1 Å². The first-order chi connectivity index (χ1) is 11.5. The maximum Gasteiger partial charge on any atom is 0.251 e. The number of likely N-dealkylation sites (tertiary alicyclic amines) is 1. The Labute approximate surface area is 140 Å². The van der Waals surface area contributed by atoms with Gasteiger partial charge in [0.2, 0.25) is 11.8 Å². The van der Waals surface area contributed by atoms with Crippen molar-refractivity contribution in [2.45, 2.75) is 25.9 Å². The molecule has 6 heteroatoms. The first-order valence-corrected chi connectivity index (χ1v) is 8.07. The monoisotopic (exact) mass is 327 g/mol. The first kappa shape index (κ1) is 16.2. The third-order valence-electron chi connectivity index (χ3n) is 4.75. The Hall–Kier alpha value is -2.63. The van der Waals surface area contributed by atoms with Crippen molar-refractivity contribution in [2.24, 2.45) is 0 Å². The van der Waals surface area contributed by atoms with Crippen LogP contribution in [-0.4, -0.2) is 52.4 Å². The number of carbonyl (C=O) groups is 2. The average molecular weight is 327 g/mol. The molecule has 1 saturated heterocycles. The Bertz CT molecular complexity index is 843. The second-order valence-electron chi connectivity index (χ2n) is 6.23. The second kappa shape index (κ2) is 6.47. The van der Waals surface area contributed by atoms with Crippen molar-refractivity contribution in [3.8, 4) is 0 Å². The lowest BCUT2D eigenvalue weighted by atomic mass is 10.2. The number of amides is 2. The van der Waals surface area contributed by atoms with Gasteiger partial charge in [-0.2, -0.15) is 0 Å². The number of pyridine rings is 1.